The van der Waals surface area contributed by atoms with E-state index in [0.29, 0.717) is 16.3 Å². The van der Waals surface area contributed by atoms with E-state index in [9.17, 15) is 4.79 Å². The highest BCUT2D eigenvalue weighted by Crippen LogP contribution is 2.25. The minimum atomic E-state index is -0.202. The molecule has 1 rings (SSSR count). The molecule has 0 saturated heterocycles. The standard InChI is InChI=1S/C10H10BrClO2/c1-6(11)10(13)7-3-4-9(14-2)8(12)5-7/h3-6H,1-2H3/t6-/m1/s1. The summed E-state index contributed by atoms with van der Waals surface area (Å²) in [7, 11) is 1.54. The number of ketones is 1. The molecule has 76 valence electrons. The van der Waals surface area contributed by atoms with E-state index in [1.807, 2.05) is 0 Å². The van der Waals surface area contributed by atoms with Crippen LogP contribution >= 0.6 is 27.5 Å². The fraction of sp³-hybridized carbons (Fsp3) is 0.300. The summed E-state index contributed by atoms with van der Waals surface area (Å²) in [5, 5.41) is 0.450. The van der Waals surface area contributed by atoms with Crippen LogP contribution in [0.5, 0.6) is 5.75 Å². The normalized spacial score (nSPS) is 12.3. The lowest BCUT2D eigenvalue weighted by molar-refractivity contribution is 0.0996. The molecule has 0 bridgehead atoms. The topological polar surface area (TPSA) is 26.3 Å². The molecule has 0 saturated carbocycles. The summed E-state index contributed by atoms with van der Waals surface area (Å²) in [6.07, 6.45) is 0. The summed E-state index contributed by atoms with van der Waals surface area (Å²) in [6, 6.07) is 5.00. The number of methoxy groups -OCH3 is 1. The highest BCUT2D eigenvalue weighted by atomic mass is 79.9. The maximum atomic E-state index is 11.5. The van der Waals surface area contributed by atoms with Gasteiger partial charge in [-0.15, -0.1) is 0 Å². The highest BCUT2D eigenvalue weighted by Gasteiger charge is 2.13. The van der Waals surface area contributed by atoms with E-state index in [-0.39, 0.29) is 10.6 Å². The third kappa shape index (κ3) is 2.49. The lowest BCUT2D eigenvalue weighted by Gasteiger charge is -2.06. The third-order valence-corrected chi connectivity index (χ3v) is 2.51. The number of Topliss-reactive ketones (excluding diaryl/α,β-unsaturated/α-hetero) is 1. The number of carbonyl (C=O) groups excluding carboxylic acids is 1. The predicted molar refractivity (Wildman–Crippen MR) is 60.7 cm³/mol. The van der Waals surface area contributed by atoms with Gasteiger partial charge in [0.25, 0.3) is 0 Å². The van der Waals surface area contributed by atoms with Gasteiger partial charge in [-0.3, -0.25) is 4.79 Å². The van der Waals surface area contributed by atoms with Crippen LogP contribution in [0.15, 0.2) is 18.2 Å². The van der Waals surface area contributed by atoms with E-state index in [0.717, 1.165) is 0 Å². The van der Waals surface area contributed by atoms with Crippen molar-refractivity contribution < 1.29 is 9.53 Å². The molecule has 2 nitrogen and oxygen atoms in total. The molecule has 1 aromatic carbocycles. The van der Waals surface area contributed by atoms with Gasteiger partial charge in [0, 0.05) is 5.56 Å². The Morgan fingerprint density at radius 1 is 1.57 bits per heavy atom. The van der Waals surface area contributed by atoms with E-state index in [4.69, 9.17) is 16.3 Å². The van der Waals surface area contributed by atoms with Gasteiger partial charge in [-0.25, -0.2) is 0 Å². The van der Waals surface area contributed by atoms with Crippen molar-refractivity contribution in [2.75, 3.05) is 7.11 Å². The number of hydrogen-bond donors (Lipinski definition) is 0. The van der Waals surface area contributed by atoms with E-state index < -0.39 is 0 Å². The molecule has 0 amide bonds. The first kappa shape index (κ1) is 11.5. The summed E-state index contributed by atoms with van der Waals surface area (Å²) in [5.41, 5.74) is 0.583. The molecule has 0 fully saturated rings. The van der Waals surface area contributed by atoms with Crippen molar-refractivity contribution in [2.45, 2.75) is 11.8 Å². The van der Waals surface area contributed by atoms with Crippen LogP contribution in [0.2, 0.25) is 5.02 Å². The maximum absolute atomic E-state index is 11.5. The Morgan fingerprint density at radius 3 is 2.64 bits per heavy atom. The fourth-order valence-corrected chi connectivity index (χ4v) is 1.57. The monoisotopic (exact) mass is 276 g/mol. The van der Waals surface area contributed by atoms with E-state index >= 15 is 0 Å². The number of halogens is 2. The van der Waals surface area contributed by atoms with Crippen LogP contribution in [0.25, 0.3) is 0 Å². The molecule has 1 atom stereocenters. The van der Waals surface area contributed by atoms with Gasteiger partial charge in [0.1, 0.15) is 5.75 Å². The van der Waals surface area contributed by atoms with Crippen LogP contribution in [-0.4, -0.2) is 17.7 Å². The van der Waals surface area contributed by atoms with Crippen LogP contribution < -0.4 is 4.74 Å². The Balaban J connectivity index is 3.03. The summed E-state index contributed by atoms with van der Waals surface area (Å²) < 4.78 is 4.99. The molecule has 14 heavy (non-hydrogen) atoms. The van der Waals surface area contributed by atoms with Crippen molar-refractivity contribution in [1.82, 2.24) is 0 Å². The van der Waals surface area contributed by atoms with Crippen molar-refractivity contribution in [2.24, 2.45) is 0 Å². The number of hydrogen-bond acceptors (Lipinski definition) is 2. The molecule has 0 radical (unpaired) electrons. The molecule has 0 heterocycles. The van der Waals surface area contributed by atoms with Crippen molar-refractivity contribution in [1.29, 1.82) is 0 Å². The van der Waals surface area contributed by atoms with Crippen LogP contribution in [0.3, 0.4) is 0 Å². The van der Waals surface area contributed by atoms with Gasteiger partial charge < -0.3 is 4.74 Å². The van der Waals surface area contributed by atoms with Crippen LogP contribution in [0.1, 0.15) is 17.3 Å². The maximum Gasteiger partial charge on any atom is 0.176 e. The van der Waals surface area contributed by atoms with Gasteiger partial charge in [-0.05, 0) is 25.1 Å². The second-order valence-electron chi connectivity index (χ2n) is 2.83. The lowest BCUT2D eigenvalue weighted by Crippen LogP contribution is -2.09. The Kier molecular flexibility index (Phi) is 3.96. The zero-order valence-corrected chi connectivity index (χ0v) is 10.2. The molecule has 0 aromatic heterocycles. The van der Waals surface area contributed by atoms with Crippen LogP contribution in [-0.2, 0) is 0 Å². The first-order chi connectivity index (χ1) is 6.56. The second kappa shape index (κ2) is 4.80. The number of carbonyl (C=O) groups is 1. The van der Waals surface area contributed by atoms with Crippen LogP contribution in [0.4, 0.5) is 0 Å². The molecule has 0 aliphatic carbocycles. The molecule has 0 spiro atoms. The smallest absolute Gasteiger partial charge is 0.176 e. The highest BCUT2D eigenvalue weighted by molar-refractivity contribution is 9.10. The Morgan fingerprint density at radius 2 is 2.21 bits per heavy atom. The van der Waals surface area contributed by atoms with Gasteiger partial charge in [-0.2, -0.15) is 0 Å². The summed E-state index contributed by atoms with van der Waals surface area (Å²) >= 11 is 9.10. The fourth-order valence-electron chi connectivity index (χ4n) is 1.05. The molecule has 0 aliphatic heterocycles. The van der Waals surface area contributed by atoms with E-state index in [1.165, 1.54) is 7.11 Å². The lowest BCUT2D eigenvalue weighted by atomic mass is 10.1. The molecule has 0 unspecified atom stereocenters. The average molecular weight is 278 g/mol. The number of benzene rings is 1. The van der Waals surface area contributed by atoms with E-state index in [1.54, 1.807) is 25.1 Å². The Labute approximate surface area is 96.3 Å². The minimum absolute atomic E-state index is 0.00885. The molecular weight excluding hydrogens is 267 g/mol. The predicted octanol–water partition coefficient (Wildman–Crippen LogP) is 3.31. The third-order valence-electron chi connectivity index (χ3n) is 1.80. The number of rotatable bonds is 3. The van der Waals surface area contributed by atoms with Gasteiger partial charge in [0.2, 0.25) is 0 Å². The SMILES string of the molecule is COc1ccc(C(=O)[C@@H](C)Br)cc1Cl. The quantitative estimate of drug-likeness (QED) is 0.626. The summed E-state index contributed by atoms with van der Waals surface area (Å²) in [6.45, 7) is 1.78. The van der Waals surface area contributed by atoms with Gasteiger partial charge in [0.05, 0.1) is 17.0 Å². The zero-order valence-electron chi connectivity index (χ0n) is 7.88. The average Bonchev–Trinajstić information content (AvgIpc) is 2.16. The summed E-state index contributed by atoms with van der Waals surface area (Å²) in [5.74, 6) is 0.583. The Bertz CT molecular complexity index is 350. The zero-order chi connectivity index (χ0) is 10.7. The molecular formula is C10H10BrClO2. The largest absolute Gasteiger partial charge is 0.495 e. The van der Waals surface area contributed by atoms with Crippen molar-refractivity contribution in [3.63, 3.8) is 0 Å². The van der Waals surface area contributed by atoms with Crippen molar-refractivity contribution >= 4 is 33.3 Å². The molecule has 4 heteroatoms. The number of ether oxygens (including phenoxy) is 1. The molecule has 1 aromatic rings. The summed E-state index contributed by atoms with van der Waals surface area (Å²) in [4.78, 5) is 11.3. The first-order valence-electron chi connectivity index (χ1n) is 4.08. The van der Waals surface area contributed by atoms with Gasteiger partial charge >= 0.3 is 0 Å². The Hall–Kier alpha value is -0.540. The van der Waals surface area contributed by atoms with Crippen LogP contribution in [0, 0.1) is 0 Å². The molecule has 0 N–H and O–H groups in total. The van der Waals surface area contributed by atoms with Crippen molar-refractivity contribution in [3.8, 4) is 5.75 Å². The second-order valence-corrected chi connectivity index (χ2v) is 4.61. The van der Waals surface area contributed by atoms with Gasteiger partial charge in [0.15, 0.2) is 5.78 Å². The minimum Gasteiger partial charge on any atom is -0.495 e. The first-order valence-corrected chi connectivity index (χ1v) is 5.37. The van der Waals surface area contributed by atoms with Crippen molar-refractivity contribution in [3.05, 3.63) is 28.8 Å². The van der Waals surface area contributed by atoms with Gasteiger partial charge in [-0.1, -0.05) is 27.5 Å². The molecule has 0 aliphatic rings. The number of alkyl halides is 1. The van der Waals surface area contributed by atoms with E-state index in [2.05, 4.69) is 15.9 Å².